The molecule has 1 amide bonds. The van der Waals surface area contributed by atoms with E-state index >= 15 is 0 Å². The summed E-state index contributed by atoms with van der Waals surface area (Å²) in [5.41, 5.74) is 4.70. The molecule has 1 aromatic heterocycles. The molecule has 2 heterocycles. The van der Waals surface area contributed by atoms with Gasteiger partial charge in [0.1, 0.15) is 5.82 Å². The van der Waals surface area contributed by atoms with Gasteiger partial charge in [0.2, 0.25) is 0 Å². The number of piperidine rings is 1. The van der Waals surface area contributed by atoms with Crippen molar-refractivity contribution in [3.05, 3.63) is 76.6 Å². The van der Waals surface area contributed by atoms with E-state index < -0.39 is 0 Å². The zero-order valence-corrected chi connectivity index (χ0v) is 20.3. The number of hydrogen-bond donors (Lipinski definition) is 0. The predicted octanol–water partition coefficient (Wildman–Crippen LogP) is 4.93. The molecule has 0 N–H and O–H groups in total. The smallest absolute Gasteiger partial charge is 0.253 e. The highest BCUT2D eigenvalue weighted by Gasteiger charge is 2.28. The Balaban J connectivity index is 0.00000324. The van der Waals surface area contributed by atoms with E-state index in [1.807, 2.05) is 20.9 Å². The molecule has 0 bridgehead atoms. The molecule has 4 rings (SSSR count). The maximum Gasteiger partial charge on any atom is 0.253 e. The summed E-state index contributed by atoms with van der Waals surface area (Å²) in [4.78, 5) is 16.9. The average molecular weight is 480 g/mol. The van der Waals surface area contributed by atoms with Gasteiger partial charge in [-0.05, 0) is 80.3 Å². The molecule has 176 valence electrons. The van der Waals surface area contributed by atoms with Gasteiger partial charge in [-0.2, -0.15) is 5.26 Å². The van der Waals surface area contributed by atoms with Gasteiger partial charge >= 0.3 is 0 Å². The highest BCUT2D eigenvalue weighted by atomic mass is 35.5. The van der Waals surface area contributed by atoms with Crippen molar-refractivity contribution < 1.29 is 9.18 Å². The monoisotopic (exact) mass is 479 g/mol. The lowest BCUT2D eigenvalue weighted by molar-refractivity contribution is 0.0709. The Hall–Kier alpha value is -3.50. The van der Waals surface area contributed by atoms with Crippen LogP contribution < -0.4 is 4.90 Å². The van der Waals surface area contributed by atoms with E-state index in [0.717, 1.165) is 54.1 Å². The molecular formula is C26H27ClFN5O. The topological polar surface area (TPSA) is 73.1 Å². The third-order valence-corrected chi connectivity index (χ3v) is 6.49. The quantitative estimate of drug-likeness (QED) is 0.530. The van der Waals surface area contributed by atoms with Crippen LogP contribution in [-0.2, 0) is 0 Å². The number of aromatic nitrogens is 2. The first kappa shape index (κ1) is 25.1. The second-order valence-corrected chi connectivity index (χ2v) is 8.46. The number of halogens is 2. The Bertz CT molecular complexity index is 1220. The number of carbonyl (C=O) groups is 1. The second-order valence-electron chi connectivity index (χ2n) is 8.46. The summed E-state index contributed by atoms with van der Waals surface area (Å²) in [5, 5.41) is 18.0. The van der Waals surface area contributed by atoms with Crippen LogP contribution in [-0.4, -0.2) is 47.2 Å². The van der Waals surface area contributed by atoms with Crippen molar-refractivity contribution in [3.63, 3.8) is 0 Å². The Morgan fingerprint density at radius 3 is 2.41 bits per heavy atom. The SMILES string of the molecule is Cc1c(-c2ccc(F)cc2)nnc(N2CCC(N(C)C(=O)c3cccc(C#N)c3)CC2)c1C.Cl. The van der Waals surface area contributed by atoms with E-state index in [0.29, 0.717) is 11.1 Å². The molecule has 0 atom stereocenters. The largest absolute Gasteiger partial charge is 0.355 e. The van der Waals surface area contributed by atoms with Gasteiger partial charge in [0, 0.05) is 37.3 Å². The third kappa shape index (κ3) is 5.02. The number of nitrogens with zero attached hydrogens (tertiary/aromatic N) is 5. The van der Waals surface area contributed by atoms with E-state index in [-0.39, 0.29) is 30.2 Å². The molecule has 1 aliphatic heterocycles. The summed E-state index contributed by atoms with van der Waals surface area (Å²) in [7, 11) is 1.83. The first-order valence-corrected chi connectivity index (χ1v) is 11.0. The lowest BCUT2D eigenvalue weighted by atomic mass is 10.00. The van der Waals surface area contributed by atoms with Gasteiger partial charge in [-0.3, -0.25) is 4.79 Å². The highest BCUT2D eigenvalue weighted by Crippen LogP contribution is 2.30. The molecule has 1 fully saturated rings. The van der Waals surface area contributed by atoms with Gasteiger partial charge in [-0.15, -0.1) is 22.6 Å². The lowest BCUT2D eigenvalue weighted by Gasteiger charge is -2.37. The molecule has 0 unspecified atom stereocenters. The third-order valence-electron chi connectivity index (χ3n) is 6.49. The summed E-state index contributed by atoms with van der Waals surface area (Å²) < 4.78 is 13.3. The minimum atomic E-state index is -0.276. The molecular weight excluding hydrogens is 453 g/mol. The van der Waals surface area contributed by atoms with Crippen LogP contribution in [0.25, 0.3) is 11.3 Å². The predicted molar refractivity (Wildman–Crippen MR) is 133 cm³/mol. The zero-order valence-electron chi connectivity index (χ0n) is 19.5. The average Bonchev–Trinajstić information content (AvgIpc) is 2.85. The maximum absolute atomic E-state index is 13.3. The van der Waals surface area contributed by atoms with Crippen molar-refractivity contribution >= 4 is 24.1 Å². The van der Waals surface area contributed by atoms with Crippen LogP contribution in [0.4, 0.5) is 10.2 Å². The van der Waals surface area contributed by atoms with Crippen molar-refractivity contribution in [2.24, 2.45) is 0 Å². The number of carbonyl (C=O) groups excluding carboxylic acids is 1. The van der Waals surface area contributed by atoms with Crippen LogP contribution in [0, 0.1) is 31.0 Å². The zero-order chi connectivity index (χ0) is 23.5. The van der Waals surface area contributed by atoms with Gasteiger partial charge in [-0.25, -0.2) is 4.39 Å². The van der Waals surface area contributed by atoms with Crippen molar-refractivity contribution in [2.45, 2.75) is 32.7 Å². The minimum Gasteiger partial charge on any atom is -0.355 e. The fraction of sp³-hybridized carbons (Fsp3) is 0.308. The fourth-order valence-corrected chi connectivity index (χ4v) is 4.33. The molecule has 2 aromatic carbocycles. The Kier molecular flexibility index (Phi) is 7.85. The Morgan fingerprint density at radius 1 is 1.09 bits per heavy atom. The van der Waals surface area contributed by atoms with Gasteiger partial charge in [0.05, 0.1) is 17.3 Å². The summed E-state index contributed by atoms with van der Waals surface area (Å²) in [6.45, 7) is 5.59. The molecule has 0 saturated carbocycles. The van der Waals surface area contributed by atoms with Crippen LogP contribution in [0.1, 0.15) is 39.9 Å². The number of benzene rings is 2. The van der Waals surface area contributed by atoms with Crippen LogP contribution in [0.5, 0.6) is 0 Å². The number of hydrogen-bond acceptors (Lipinski definition) is 5. The molecule has 1 aliphatic rings. The molecule has 0 radical (unpaired) electrons. The van der Waals surface area contributed by atoms with Crippen molar-refractivity contribution in [1.82, 2.24) is 15.1 Å². The van der Waals surface area contributed by atoms with Crippen LogP contribution >= 0.6 is 12.4 Å². The van der Waals surface area contributed by atoms with Crippen molar-refractivity contribution in [3.8, 4) is 17.3 Å². The molecule has 6 nitrogen and oxygen atoms in total. The van der Waals surface area contributed by atoms with Crippen LogP contribution in [0.15, 0.2) is 48.5 Å². The molecule has 1 saturated heterocycles. The molecule has 3 aromatic rings. The van der Waals surface area contributed by atoms with Crippen molar-refractivity contribution in [2.75, 3.05) is 25.0 Å². The van der Waals surface area contributed by atoms with Crippen molar-refractivity contribution in [1.29, 1.82) is 5.26 Å². The lowest BCUT2D eigenvalue weighted by Crippen LogP contribution is -2.46. The van der Waals surface area contributed by atoms with Gasteiger partial charge in [-0.1, -0.05) is 6.07 Å². The van der Waals surface area contributed by atoms with Crippen LogP contribution in [0.3, 0.4) is 0 Å². The standard InChI is InChI=1S/C26H26FN5O.ClH/c1-17-18(2)25(30-29-24(17)20-7-9-22(27)10-8-20)32-13-11-23(12-14-32)31(3)26(33)21-6-4-5-19(15-21)16-28;/h4-10,15,23H,11-14H2,1-3H3;1H. The second kappa shape index (κ2) is 10.6. The summed E-state index contributed by atoms with van der Waals surface area (Å²) >= 11 is 0. The number of amides is 1. The van der Waals surface area contributed by atoms with Gasteiger partial charge in [0.15, 0.2) is 5.82 Å². The first-order chi connectivity index (χ1) is 15.9. The minimum absolute atomic E-state index is 0. The number of rotatable bonds is 4. The normalized spacial score (nSPS) is 13.7. The molecule has 8 heteroatoms. The van der Waals surface area contributed by atoms with E-state index in [1.165, 1.54) is 12.1 Å². The van der Waals surface area contributed by atoms with E-state index in [9.17, 15) is 9.18 Å². The molecule has 0 aliphatic carbocycles. The maximum atomic E-state index is 13.3. The van der Waals surface area contributed by atoms with E-state index in [2.05, 4.69) is 21.2 Å². The van der Waals surface area contributed by atoms with Gasteiger partial charge in [0.25, 0.3) is 5.91 Å². The number of nitriles is 1. The fourth-order valence-electron chi connectivity index (χ4n) is 4.33. The van der Waals surface area contributed by atoms with E-state index in [1.54, 1.807) is 41.3 Å². The number of anilines is 1. The molecule has 0 spiro atoms. The van der Waals surface area contributed by atoms with E-state index in [4.69, 9.17) is 5.26 Å². The summed E-state index contributed by atoms with van der Waals surface area (Å²) in [5.74, 6) is 0.510. The molecule has 34 heavy (non-hydrogen) atoms. The van der Waals surface area contributed by atoms with Gasteiger partial charge < -0.3 is 9.80 Å². The Labute approximate surface area is 205 Å². The summed E-state index contributed by atoms with van der Waals surface area (Å²) in [6, 6.07) is 15.3. The van der Waals surface area contributed by atoms with Crippen LogP contribution in [0.2, 0.25) is 0 Å². The highest BCUT2D eigenvalue weighted by molar-refractivity contribution is 5.94. The summed E-state index contributed by atoms with van der Waals surface area (Å²) in [6.07, 6.45) is 1.64. The first-order valence-electron chi connectivity index (χ1n) is 11.0. The Morgan fingerprint density at radius 2 is 1.76 bits per heavy atom.